The number of rotatable bonds is 0. The van der Waals surface area contributed by atoms with Gasteiger partial charge in [0.2, 0.25) is 5.78 Å². The molecule has 17 heavy (non-hydrogen) atoms. The number of nitriles is 1. The molecule has 0 bridgehead atoms. The lowest BCUT2D eigenvalue weighted by Crippen LogP contribution is -2.15. The van der Waals surface area contributed by atoms with Crippen LogP contribution in [-0.4, -0.2) is 16.0 Å². The summed E-state index contributed by atoms with van der Waals surface area (Å²) in [6.07, 6.45) is 0. The molecule has 3 rings (SSSR count). The topological polar surface area (TPSA) is 86.6 Å². The zero-order valence-corrected chi connectivity index (χ0v) is 8.52. The molecule has 5 nitrogen and oxygen atoms in total. The number of benzene rings is 1. The third-order valence-corrected chi connectivity index (χ3v) is 2.75. The third kappa shape index (κ3) is 1.09. The molecule has 0 radical (unpaired) electrons. The number of carbonyl (C=O) groups excluding carboxylic acids is 1. The normalized spacial score (nSPS) is 11.8. The Hall–Kier alpha value is -2.74. The van der Waals surface area contributed by atoms with Gasteiger partial charge < -0.3 is 0 Å². The van der Waals surface area contributed by atoms with Crippen molar-refractivity contribution in [1.82, 2.24) is 10.2 Å². The lowest BCUT2D eigenvalue weighted by atomic mass is 10.0. The van der Waals surface area contributed by atoms with Crippen LogP contribution in [0, 0.1) is 11.3 Å². The summed E-state index contributed by atoms with van der Waals surface area (Å²) in [7, 11) is 0. The minimum absolute atomic E-state index is 0.0618. The first-order valence-electron chi connectivity index (χ1n) is 4.91. The van der Waals surface area contributed by atoms with Gasteiger partial charge in [-0.05, 0) is 5.56 Å². The number of carbonyl (C=O) groups is 1. The summed E-state index contributed by atoms with van der Waals surface area (Å²) in [5.74, 6) is -0.261. The summed E-state index contributed by atoms with van der Waals surface area (Å²) in [5, 5.41) is 14.9. The third-order valence-electron chi connectivity index (χ3n) is 2.75. The van der Waals surface area contributed by atoms with Crippen LogP contribution in [0.1, 0.15) is 21.6 Å². The number of aromatic nitrogens is 2. The fraction of sp³-hybridized carbons (Fsp3) is 0. The molecule has 1 heterocycles. The van der Waals surface area contributed by atoms with Crippen LogP contribution < -0.4 is 5.56 Å². The SMILES string of the molecule is N#Cc1c2c(n[nH]c1=O)C(=O)c1ccccc1-2. The molecule has 1 aliphatic carbocycles. The standard InChI is InChI=1S/C12H5N3O2/c13-5-8-9-6-3-1-2-4-7(6)11(16)10(9)14-15-12(8)17/h1-4H,(H,15,17). The van der Waals surface area contributed by atoms with E-state index in [1.54, 1.807) is 24.3 Å². The Morgan fingerprint density at radius 2 is 1.88 bits per heavy atom. The summed E-state index contributed by atoms with van der Waals surface area (Å²) in [6, 6.07) is 8.67. The van der Waals surface area contributed by atoms with Gasteiger partial charge in [-0.2, -0.15) is 10.4 Å². The summed E-state index contributed by atoms with van der Waals surface area (Å²) in [5.41, 5.74) is 0.927. The molecule has 0 fully saturated rings. The largest absolute Gasteiger partial charge is 0.287 e. The maximum atomic E-state index is 12.0. The van der Waals surface area contributed by atoms with Crippen molar-refractivity contribution in [2.24, 2.45) is 0 Å². The molecule has 0 atom stereocenters. The molecular weight excluding hydrogens is 218 g/mol. The van der Waals surface area contributed by atoms with E-state index in [9.17, 15) is 9.59 Å². The number of nitrogens with zero attached hydrogens (tertiary/aromatic N) is 2. The van der Waals surface area contributed by atoms with E-state index in [0.29, 0.717) is 16.7 Å². The number of nitrogens with one attached hydrogen (secondary N) is 1. The predicted molar refractivity (Wildman–Crippen MR) is 58.4 cm³/mol. The Balaban J connectivity index is 2.51. The van der Waals surface area contributed by atoms with E-state index in [2.05, 4.69) is 10.2 Å². The van der Waals surface area contributed by atoms with Crippen molar-refractivity contribution >= 4 is 5.78 Å². The Bertz CT molecular complexity index is 753. The number of hydrogen-bond donors (Lipinski definition) is 1. The first-order valence-corrected chi connectivity index (χ1v) is 4.91. The number of hydrogen-bond acceptors (Lipinski definition) is 4. The van der Waals surface area contributed by atoms with E-state index in [0.717, 1.165) is 0 Å². The number of fused-ring (bicyclic) bond motifs is 3. The molecule has 5 heteroatoms. The van der Waals surface area contributed by atoms with Crippen molar-refractivity contribution in [2.45, 2.75) is 0 Å². The van der Waals surface area contributed by atoms with Gasteiger partial charge in [-0.3, -0.25) is 9.59 Å². The van der Waals surface area contributed by atoms with E-state index < -0.39 is 5.56 Å². The number of H-pyrrole nitrogens is 1. The van der Waals surface area contributed by atoms with Crippen molar-refractivity contribution in [1.29, 1.82) is 5.26 Å². The first kappa shape index (κ1) is 9.48. The molecule has 1 aromatic heterocycles. The fourth-order valence-corrected chi connectivity index (χ4v) is 2.01. The maximum absolute atomic E-state index is 12.0. The van der Waals surface area contributed by atoms with Crippen LogP contribution in [0.15, 0.2) is 29.1 Å². The van der Waals surface area contributed by atoms with Gasteiger partial charge in [-0.1, -0.05) is 24.3 Å². The average Bonchev–Trinajstić information content (AvgIpc) is 2.64. The Morgan fingerprint density at radius 3 is 2.59 bits per heavy atom. The van der Waals surface area contributed by atoms with Crippen LogP contribution in [0.25, 0.3) is 11.1 Å². The van der Waals surface area contributed by atoms with Gasteiger partial charge in [0.1, 0.15) is 17.3 Å². The van der Waals surface area contributed by atoms with Crippen LogP contribution in [-0.2, 0) is 0 Å². The smallest absolute Gasteiger partial charge is 0.282 e. The average molecular weight is 223 g/mol. The molecule has 0 aliphatic heterocycles. The van der Waals surface area contributed by atoms with Gasteiger partial charge in [-0.25, -0.2) is 5.10 Å². The Morgan fingerprint density at radius 1 is 1.18 bits per heavy atom. The molecule has 1 aromatic carbocycles. The van der Waals surface area contributed by atoms with E-state index in [-0.39, 0.29) is 17.0 Å². The van der Waals surface area contributed by atoms with Gasteiger partial charge in [0.15, 0.2) is 0 Å². The highest BCUT2D eigenvalue weighted by Gasteiger charge is 2.31. The number of aromatic amines is 1. The summed E-state index contributed by atoms with van der Waals surface area (Å²) >= 11 is 0. The lowest BCUT2D eigenvalue weighted by molar-refractivity contribution is 0.103. The van der Waals surface area contributed by atoms with Crippen LogP contribution in [0.5, 0.6) is 0 Å². The minimum atomic E-state index is -0.573. The molecule has 0 saturated carbocycles. The van der Waals surface area contributed by atoms with Crippen LogP contribution >= 0.6 is 0 Å². The molecule has 80 valence electrons. The molecule has 0 unspecified atom stereocenters. The number of ketones is 1. The van der Waals surface area contributed by atoms with Gasteiger partial charge in [0.05, 0.1) is 0 Å². The Labute approximate surface area is 95.3 Å². The summed E-state index contributed by atoms with van der Waals surface area (Å²) in [6.45, 7) is 0. The van der Waals surface area contributed by atoms with Gasteiger partial charge in [0, 0.05) is 11.1 Å². The zero-order chi connectivity index (χ0) is 12.0. The fourth-order valence-electron chi connectivity index (χ4n) is 2.01. The first-order chi connectivity index (χ1) is 8.24. The van der Waals surface area contributed by atoms with Crippen molar-refractivity contribution in [3.8, 4) is 17.2 Å². The molecule has 1 N–H and O–H groups in total. The summed E-state index contributed by atoms with van der Waals surface area (Å²) < 4.78 is 0. The van der Waals surface area contributed by atoms with E-state index >= 15 is 0 Å². The van der Waals surface area contributed by atoms with Crippen molar-refractivity contribution in [2.75, 3.05) is 0 Å². The van der Waals surface area contributed by atoms with Gasteiger partial charge >= 0.3 is 0 Å². The van der Waals surface area contributed by atoms with E-state index in [4.69, 9.17) is 5.26 Å². The van der Waals surface area contributed by atoms with Gasteiger partial charge in [-0.15, -0.1) is 0 Å². The highest BCUT2D eigenvalue weighted by molar-refractivity contribution is 6.21. The Kier molecular flexibility index (Phi) is 1.74. The van der Waals surface area contributed by atoms with Crippen molar-refractivity contribution in [3.05, 3.63) is 51.4 Å². The molecule has 0 amide bonds. The molecule has 0 saturated heterocycles. The molecular formula is C12H5N3O2. The second-order valence-corrected chi connectivity index (χ2v) is 3.64. The highest BCUT2D eigenvalue weighted by atomic mass is 16.1. The summed E-state index contributed by atoms with van der Waals surface area (Å²) in [4.78, 5) is 23.4. The molecule has 0 spiro atoms. The second kappa shape index (κ2) is 3.12. The predicted octanol–water partition coefficient (Wildman–Crippen LogP) is 0.853. The van der Waals surface area contributed by atoms with E-state index in [1.165, 1.54) is 0 Å². The molecule has 1 aliphatic rings. The lowest BCUT2D eigenvalue weighted by Gasteiger charge is -1.99. The highest BCUT2D eigenvalue weighted by Crippen LogP contribution is 2.35. The van der Waals surface area contributed by atoms with Crippen LogP contribution in [0.3, 0.4) is 0 Å². The minimum Gasteiger partial charge on any atom is -0.287 e. The maximum Gasteiger partial charge on any atom is 0.282 e. The monoisotopic (exact) mass is 223 g/mol. The van der Waals surface area contributed by atoms with Crippen LogP contribution in [0.4, 0.5) is 0 Å². The van der Waals surface area contributed by atoms with Crippen molar-refractivity contribution < 1.29 is 4.79 Å². The van der Waals surface area contributed by atoms with Crippen LogP contribution in [0.2, 0.25) is 0 Å². The van der Waals surface area contributed by atoms with E-state index in [1.807, 2.05) is 6.07 Å². The molecule has 2 aromatic rings. The zero-order valence-electron chi connectivity index (χ0n) is 8.52. The van der Waals surface area contributed by atoms with Gasteiger partial charge in [0.25, 0.3) is 5.56 Å². The van der Waals surface area contributed by atoms with Crippen molar-refractivity contribution in [3.63, 3.8) is 0 Å². The quantitative estimate of drug-likeness (QED) is 0.612. The second-order valence-electron chi connectivity index (χ2n) is 3.64.